The maximum absolute atomic E-state index is 13.8. The summed E-state index contributed by atoms with van der Waals surface area (Å²) in [6, 6.07) is 14.3. The Labute approximate surface area is 126 Å². The van der Waals surface area contributed by atoms with Gasteiger partial charge < -0.3 is 4.74 Å². The number of hydrogen-bond donors (Lipinski definition) is 0. The Morgan fingerprint density at radius 2 is 1.81 bits per heavy atom. The largest absolute Gasteiger partial charge is 0.454 e. The number of hydrogen-bond acceptors (Lipinski definition) is 1. The van der Waals surface area contributed by atoms with Gasteiger partial charge >= 0.3 is 0 Å². The molecule has 0 aliphatic carbocycles. The minimum atomic E-state index is -0.339. The van der Waals surface area contributed by atoms with Crippen LogP contribution >= 0.6 is 0 Å². The average Bonchev–Trinajstić information content (AvgIpc) is 2.48. The summed E-state index contributed by atoms with van der Waals surface area (Å²) in [4.78, 5) is 0. The summed E-state index contributed by atoms with van der Waals surface area (Å²) in [5.41, 5.74) is 1.04. The summed E-state index contributed by atoms with van der Waals surface area (Å²) < 4.78 is 19.4. The average molecular weight is 284 g/mol. The van der Waals surface area contributed by atoms with Crippen LogP contribution in [0.3, 0.4) is 0 Å². The lowest BCUT2D eigenvalue weighted by atomic mass is 10.1. The molecule has 0 aliphatic rings. The third-order valence-electron chi connectivity index (χ3n) is 3.09. The third kappa shape index (κ3) is 5.07. The molecule has 0 N–H and O–H groups in total. The van der Waals surface area contributed by atoms with Crippen molar-refractivity contribution in [1.29, 1.82) is 0 Å². The van der Waals surface area contributed by atoms with Crippen LogP contribution in [0.4, 0.5) is 4.39 Å². The zero-order valence-electron chi connectivity index (χ0n) is 12.6. The first-order valence-corrected chi connectivity index (χ1v) is 7.31. The quantitative estimate of drug-likeness (QED) is 0.612. The number of para-hydroxylation sites is 1. The number of rotatable bonds is 6. The van der Waals surface area contributed by atoms with Gasteiger partial charge in [0.25, 0.3) is 0 Å². The predicted molar refractivity (Wildman–Crippen MR) is 85.2 cm³/mol. The van der Waals surface area contributed by atoms with Crippen molar-refractivity contribution in [2.45, 2.75) is 26.7 Å². The van der Waals surface area contributed by atoms with Crippen LogP contribution in [0.2, 0.25) is 0 Å². The van der Waals surface area contributed by atoms with E-state index in [4.69, 9.17) is 4.74 Å². The van der Waals surface area contributed by atoms with Gasteiger partial charge in [-0.05, 0) is 48.6 Å². The first-order chi connectivity index (χ1) is 10.1. The fourth-order valence-corrected chi connectivity index (χ4v) is 1.96. The first-order valence-electron chi connectivity index (χ1n) is 7.31. The molecule has 0 aromatic heterocycles. The molecule has 2 aromatic rings. The van der Waals surface area contributed by atoms with Crippen LogP contribution in [0.15, 0.2) is 60.7 Å². The molecule has 0 bridgehead atoms. The molecule has 0 aliphatic heterocycles. The van der Waals surface area contributed by atoms with Crippen LogP contribution in [-0.2, 0) is 6.42 Å². The van der Waals surface area contributed by atoms with Crippen molar-refractivity contribution in [2.24, 2.45) is 5.92 Å². The van der Waals surface area contributed by atoms with Crippen molar-refractivity contribution in [1.82, 2.24) is 0 Å². The lowest BCUT2D eigenvalue weighted by Gasteiger charge is -2.08. The van der Waals surface area contributed by atoms with Crippen LogP contribution in [0.1, 0.15) is 25.8 Å². The summed E-state index contributed by atoms with van der Waals surface area (Å²) in [6.45, 7) is 4.38. The Balaban J connectivity index is 2.05. The van der Waals surface area contributed by atoms with Gasteiger partial charge in [0.2, 0.25) is 0 Å². The van der Waals surface area contributed by atoms with Gasteiger partial charge in [-0.3, -0.25) is 0 Å². The smallest absolute Gasteiger partial charge is 0.165 e. The summed E-state index contributed by atoms with van der Waals surface area (Å²) in [5, 5.41) is 0. The number of halogens is 1. The Hall–Kier alpha value is -2.09. The summed E-state index contributed by atoms with van der Waals surface area (Å²) in [5.74, 6) is 1.24. The van der Waals surface area contributed by atoms with Gasteiger partial charge in [-0.1, -0.05) is 50.3 Å². The van der Waals surface area contributed by atoms with E-state index in [0.29, 0.717) is 11.7 Å². The van der Waals surface area contributed by atoms with Crippen LogP contribution in [-0.4, -0.2) is 0 Å². The van der Waals surface area contributed by atoms with Gasteiger partial charge in [-0.2, -0.15) is 0 Å². The second-order valence-electron chi connectivity index (χ2n) is 5.48. The molecule has 21 heavy (non-hydrogen) atoms. The van der Waals surface area contributed by atoms with Crippen LogP contribution in [0.25, 0.3) is 0 Å². The van der Waals surface area contributed by atoms with Crippen LogP contribution in [0, 0.1) is 11.7 Å². The highest BCUT2D eigenvalue weighted by atomic mass is 19.1. The van der Waals surface area contributed by atoms with E-state index in [1.165, 1.54) is 6.07 Å². The van der Waals surface area contributed by atoms with Crippen molar-refractivity contribution in [2.75, 3.05) is 0 Å². The Bertz CT molecular complexity index is 588. The van der Waals surface area contributed by atoms with Gasteiger partial charge in [-0.15, -0.1) is 0 Å². The van der Waals surface area contributed by atoms with E-state index in [2.05, 4.69) is 26.0 Å². The molecule has 0 fully saturated rings. The van der Waals surface area contributed by atoms with Gasteiger partial charge in [0.05, 0.1) is 0 Å². The molecular weight excluding hydrogens is 263 g/mol. The van der Waals surface area contributed by atoms with Crippen molar-refractivity contribution >= 4 is 0 Å². The Morgan fingerprint density at radius 3 is 2.52 bits per heavy atom. The molecule has 0 amide bonds. The summed E-state index contributed by atoms with van der Waals surface area (Å²) in [6.07, 6.45) is 6.15. The van der Waals surface area contributed by atoms with Gasteiger partial charge in [0.15, 0.2) is 11.6 Å². The monoisotopic (exact) mass is 284 g/mol. The fraction of sp³-hybridized carbons (Fsp3) is 0.263. The van der Waals surface area contributed by atoms with E-state index in [9.17, 15) is 4.39 Å². The Kier molecular flexibility index (Phi) is 5.56. The van der Waals surface area contributed by atoms with Gasteiger partial charge in [-0.25, -0.2) is 4.39 Å². The maximum Gasteiger partial charge on any atom is 0.165 e. The Morgan fingerprint density at radius 1 is 1.05 bits per heavy atom. The lowest BCUT2D eigenvalue weighted by molar-refractivity contribution is 0.441. The summed E-state index contributed by atoms with van der Waals surface area (Å²) >= 11 is 0. The maximum atomic E-state index is 13.8. The molecule has 0 spiro atoms. The van der Waals surface area contributed by atoms with Crippen LogP contribution in [0.5, 0.6) is 11.5 Å². The van der Waals surface area contributed by atoms with E-state index in [1.54, 1.807) is 12.1 Å². The molecule has 0 atom stereocenters. The second kappa shape index (κ2) is 7.63. The lowest BCUT2D eigenvalue weighted by Crippen LogP contribution is -1.91. The highest BCUT2D eigenvalue weighted by Gasteiger charge is 2.05. The van der Waals surface area contributed by atoms with E-state index in [-0.39, 0.29) is 11.6 Å². The number of allylic oxidation sites excluding steroid dienone is 2. The van der Waals surface area contributed by atoms with E-state index in [0.717, 1.165) is 18.4 Å². The molecule has 110 valence electrons. The fourth-order valence-electron chi connectivity index (χ4n) is 1.96. The zero-order chi connectivity index (χ0) is 15.1. The highest BCUT2D eigenvalue weighted by molar-refractivity contribution is 5.35. The zero-order valence-corrected chi connectivity index (χ0v) is 12.6. The second-order valence-corrected chi connectivity index (χ2v) is 5.48. The molecule has 2 aromatic carbocycles. The molecule has 1 nitrogen and oxygen atoms in total. The van der Waals surface area contributed by atoms with Crippen LogP contribution < -0.4 is 4.74 Å². The van der Waals surface area contributed by atoms with Gasteiger partial charge in [0.1, 0.15) is 5.75 Å². The van der Waals surface area contributed by atoms with Crippen molar-refractivity contribution in [3.63, 3.8) is 0 Å². The molecule has 0 unspecified atom stereocenters. The number of benzene rings is 2. The molecule has 0 saturated carbocycles. The minimum absolute atomic E-state index is 0.274. The van der Waals surface area contributed by atoms with E-state index >= 15 is 0 Å². The summed E-state index contributed by atoms with van der Waals surface area (Å²) in [7, 11) is 0. The first kappa shape index (κ1) is 15.3. The van der Waals surface area contributed by atoms with Crippen molar-refractivity contribution in [3.8, 4) is 11.5 Å². The van der Waals surface area contributed by atoms with Crippen molar-refractivity contribution in [3.05, 3.63) is 72.1 Å². The highest BCUT2D eigenvalue weighted by Crippen LogP contribution is 2.25. The minimum Gasteiger partial charge on any atom is -0.454 e. The predicted octanol–water partition coefficient (Wildman–Crippen LogP) is 5.76. The van der Waals surface area contributed by atoms with E-state index in [1.807, 2.05) is 30.3 Å². The molecule has 2 rings (SSSR count). The van der Waals surface area contributed by atoms with E-state index < -0.39 is 0 Å². The topological polar surface area (TPSA) is 9.23 Å². The SMILES string of the molecule is CC(C)CC=CCc1ccc(F)c(Oc2ccccc2)c1. The number of ether oxygens (including phenoxy) is 1. The van der Waals surface area contributed by atoms with Gasteiger partial charge in [0, 0.05) is 0 Å². The van der Waals surface area contributed by atoms with Crippen molar-refractivity contribution < 1.29 is 9.13 Å². The molecule has 0 saturated heterocycles. The molecule has 2 heteroatoms. The molecular formula is C19H21FO. The molecule has 0 heterocycles. The molecule has 0 radical (unpaired) electrons. The third-order valence-corrected chi connectivity index (χ3v) is 3.09. The normalized spacial score (nSPS) is 11.2. The standard InChI is InChI=1S/C19H21FO/c1-15(2)8-6-7-9-16-12-13-18(20)19(14-16)21-17-10-4-3-5-11-17/h3-7,10-15H,8-9H2,1-2H3.